The number of fused-ring (bicyclic) bond motifs is 1. The number of para-hydroxylation sites is 2. The van der Waals surface area contributed by atoms with E-state index < -0.39 is 12.1 Å². The Morgan fingerprint density at radius 3 is 0.880 bits per heavy atom. The molecule has 0 atom stereocenters. The standard InChI is InChI=1S/C14H10.C8H5F3O.2C8H8.C8H6.C7H5NO.6C4H10/c1-3-7-13(8-4-1)11-12-14-9-5-2-6-10-14;9-7(10)8(11)12-6-4-2-1-3-5-6;1-2-4-8-6-5-7(8)3-1;2*1-2-8-6-4-3-5-7-8;8-6-9-7-4-2-1-3-5-7;6*1-4(2)3/h1-10H;1-5H;1-4H,5-6H2;2-7H,1H2;1,3-7H;1-5H;6*4H,1-3H3. The van der Waals surface area contributed by atoms with Crippen molar-refractivity contribution in [3.05, 3.63) is 258 Å². The van der Waals surface area contributed by atoms with Crippen molar-refractivity contribution in [2.24, 2.45) is 35.5 Å². The van der Waals surface area contributed by atoms with Crippen LogP contribution < -0.4 is 9.47 Å². The summed E-state index contributed by atoms with van der Waals surface area (Å²) in [5.41, 5.74) is 7.31. The molecule has 0 N–H and O–H groups in total. The first-order chi connectivity index (χ1) is 39.3. The molecular formula is C77H102F3NO2. The van der Waals surface area contributed by atoms with Gasteiger partial charge in [-0.05, 0) is 126 Å². The monoisotopic (exact) mass is 1130 g/mol. The lowest BCUT2D eigenvalue weighted by Crippen LogP contribution is -2.06. The Morgan fingerprint density at radius 2 is 0.663 bits per heavy atom. The minimum Gasteiger partial charge on any atom is -0.428 e. The zero-order valence-electron chi connectivity index (χ0n) is 53.8. The van der Waals surface area contributed by atoms with Crippen LogP contribution in [0.2, 0.25) is 0 Å². The number of hydrogen-bond acceptors (Lipinski definition) is 3. The topological polar surface area (TPSA) is 42.2 Å². The van der Waals surface area contributed by atoms with Gasteiger partial charge in [0.15, 0.2) is 0 Å². The fraction of sp³-hybridized carbons (Fsp3) is 0.338. The molecule has 7 aromatic rings. The zero-order valence-corrected chi connectivity index (χ0v) is 53.8. The lowest BCUT2D eigenvalue weighted by molar-refractivity contribution is 0.241. The molecule has 0 amide bonds. The van der Waals surface area contributed by atoms with Gasteiger partial charge in [0.2, 0.25) is 0 Å². The predicted octanol–water partition coefficient (Wildman–Crippen LogP) is 23.5. The van der Waals surface area contributed by atoms with Crippen LogP contribution in [0.25, 0.3) is 6.08 Å². The molecule has 7 aromatic carbocycles. The molecule has 0 saturated carbocycles. The van der Waals surface area contributed by atoms with Gasteiger partial charge in [-0.1, -0.05) is 301 Å². The van der Waals surface area contributed by atoms with Gasteiger partial charge in [-0.3, -0.25) is 0 Å². The number of terminal acetylenes is 1. The summed E-state index contributed by atoms with van der Waals surface area (Å²) in [6.07, 6.45) is 8.66. The van der Waals surface area contributed by atoms with Gasteiger partial charge < -0.3 is 9.47 Å². The molecule has 3 nitrogen and oxygen atoms in total. The number of hydrogen-bond donors (Lipinski definition) is 0. The number of rotatable bonds is 4. The third kappa shape index (κ3) is 66.4. The van der Waals surface area contributed by atoms with E-state index in [0.717, 1.165) is 52.2 Å². The Balaban J connectivity index is -0.000000422. The average Bonchev–Trinajstić information content (AvgIpc) is 3.46. The van der Waals surface area contributed by atoms with Gasteiger partial charge in [-0.25, -0.2) is 0 Å². The number of aryl methyl sites for hydroxylation is 2. The molecule has 0 saturated heterocycles. The second-order valence-corrected chi connectivity index (χ2v) is 22.2. The first-order valence-electron chi connectivity index (χ1n) is 28.7. The van der Waals surface area contributed by atoms with Crippen molar-refractivity contribution in [3.8, 4) is 41.9 Å². The largest absolute Gasteiger partial charge is 0.428 e. The molecular weight excluding hydrogens is 1030 g/mol. The molecule has 8 rings (SSSR count). The maximum Gasteiger partial charge on any atom is 0.344 e. The highest BCUT2D eigenvalue weighted by atomic mass is 19.3. The lowest BCUT2D eigenvalue weighted by Gasteiger charge is -2.16. The third-order valence-electron chi connectivity index (χ3n) is 7.66. The Hall–Kier alpha value is -7.98. The van der Waals surface area contributed by atoms with Crippen LogP contribution in [0.4, 0.5) is 13.2 Å². The van der Waals surface area contributed by atoms with Crippen LogP contribution >= 0.6 is 0 Å². The number of nitriles is 1. The van der Waals surface area contributed by atoms with Gasteiger partial charge in [0, 0.05) is 16.7 Å². The summed E-state index contributed by atoms with van der Waals surface area (Å²) >= 11 is 0. The van der Waals surface area contributed by atoms with Crippen LogP contribution in [0.1, 0.15) is 158 Å². The van der Waals surface area contributed by atoms with Gasteiger partial charge in [0.1, 0.15) is 11.5 Å². The molecule has 6 heteroatoms. The van der Waals surface area contributed by atoms with E-state index in [4.69, 9.17) is 11.7 Å². The predicted molar refractivity (Wildman–Crippen MR) is 357 cm³/mol. The molecule has 0 heterocycles. The fourth-order valence-electron chi connectivity index (χ4n) is 4.62. The molecule has 0 unspecified atom stereocenters. The molecule has 0 spiro atoms. The Labute approximate surface area is 504 Å². The average molecular weight is 1130 g/mol. The van der Waals surface area contributed by atoms with Crippen molar-refractivity contribution in [2.45, 2.75) is 137 Å². The van der Waals surface area contributed by atoms with E-state index in [1.165, 1.54) is 30.5 Å². The normalized spacial score (nSPS) is 9.27. The van der Waals surface area contributed by atoms with Crippen LogP contribution in [0, 0.1) is 71.2 Å². The summed E-state index contributed by atoms with van der Waals surface area (Å²) in [5, 5.41) is 8.05. The third-order valence-corrected chi connectivity index (χ3v) is 7.66. The van der Waals surface area contributed by atoms with Crippen LogP contribution in [-0.4, -0.2) is 0 Å². The maximum absolute atomic E-state index is 12.1. The van der Waals surface area contributed by atoms with Crippen LogP contribution in [-0.2, 0) is 12.8 Å². The first kappa shape index (κ1) is 81.5. The molecule has 1 aliphatic carbocycles. The van der Waals surface area contributed by atoms with Crippen molar-refractivity contribution in [1.29, 1.82) is 5.26 Å². The van der Waals surface area contributed by atoms with Crippen molar-refractivity contribution in [1.82, 2.24) is 0 Å². The van der Waals surface area contributed by atoms with E-state index in [1.54, 1.807) is 47.7 Å². The second kappa shape index (κ2) is 57.3. The van der Waals surface area contributed by atoms with Crippen molar-refractivity contribution in [2.75, 3.05) is 0 Å². The number of benzene rings is 7. The van der Waals surface area contributed by atoms with Crippen LogP contribution in [0.3, 0.4) is 0 Å². The molecule has 0 fully saturated rings. The van der Waals surface area contributed by atoms with Gasteiger partial charge >= 0.3 is 12.1 Å². The van der Waals surface area contributed by atoms with Gasteiger partial charge in [0.05, 0.1) is 0 Å². The van der Waals surface area contributed by atoms with E-state index >= 15 is 0 Å². The Kier molecular flexibility index (Phi) is 56.2. The highest BCUT2D eigenvalue weighted by molar-refractivity contribution is 5.46. The van der Waals surface area contributed by atoms with Crippen molar-refractivity contribution < 1.29 is 22.6 Å². The Morgan fingerprint density at radius 1 is 0.410 bits per heavy atom. The molecule has 0 aliphatic heterocycles. The summed E-state index contributed by atoms with van der Waals surface area (Å²) < 4.78 is 43.8. The molecule has 0 bridgehead atoms. The van der Waals surface area contributed by atoms with E-state index in [-0.39, 0.29) is 5.75 Å². The molecule has 83 heavy (non-hydrogen) atoms. The highest BCUT2D eigenvalue weighted by Gasteiger charge is 2.09. The summed E-state index contributed by atoms with van der Waals surface area (Å²) in [7, 11) is 0. The molecule has 0 aromatic heterocycles. The van der Waals surface area contributed by atoms with Crippen LogP contribution in [0.15, 0.2) is 225 Å². The van der Waals surface area contributed by atoms with E-state index in [9.17, 15) is 13.2 Å². The van der Waals surface area contributed by atoms with E-state index in [2.05, 4.69) is 183 Å². The number of halogens is 3. The van der Waals surface area contributed by atoms with E-state index in [1.807, 2.05) is 146 Å². The second-order valence-electron chi connectivity index (χ2n) is 22.2. The minimum atomic E-state index is -2.46. The van der Waals surface area contributed by atoms with Crippen LogP contribution in [0.5, 0.6) is 11.5 Å². The van der Waals surface area contributed by atoms with Crippen molar-refractivity contribution >= 4 is 6.08 Å². The van der Waals surface area contributed by atoms with Gasteiger partial charge in [-0.15, -0.1) is 11.7 Å². The molecule has 448 valence electrons. The summed E-state index contributed by atoms with van der Waals surface area (Å²) in [6, 6.07) is 62.9. The SMILES string of the molecule is C#Cc1ccccc1.C(#Cc1ccccc1)c1ccccc1.C=Cc1ccccc1.CC(C)C.CC(C)C.CC(C)C.CC(C)C.CC(C)C.CC(C)C.FC(F)=C(F)Oc1ccccc1.N#COc1ccccc1.c1ccc2c(c1)CC2. The van der Waals surface area contributed by atoms with Gasteiger partial charge in [0.25, 0.3) is 6.26 Å². The van der Waals surface area contributed by atoms with Gasteiger partial charge in [-0.2, -0.15) is 13.2 Å². The highest BCUT2D eigenvalue weighted by Crippen LogP contribution is 2.21. The smallest absolute Gasteiger partial charge is 0.344 e. The zero-order chi connectivity index (χ0) is 63.6. The summed E-state index contributed by atoms with van der Waals surface area (Å²) in [6.45, 7) is 42.6. The molecule has 1 aliphatic rings. The fourth-order valence-corrected chi connectivity index (χ4v) is 4.62. The Bertz CT molecular complexity index is 2560. The lowest BCUT2D eigenvalue weighted by atomic mass is 9.89. The van der Waals surface area contributed by atoms with Crippen molar-refractivity contribution in [3.63, 3.8) is 0 Å². The maximum atomic E-state index is 12.1. The summed E-state index contributed by atoms with van der Waals surface area (Å²) in [5.74, 6) is 14.4. The first-order valence-corrected chi connectivity index (χ1v) is 28.7. The quantitative estimate of drug-likeness (QED) is 0.100. The number of ether oxygens (including phenoxy) is 2. The molecule has 0 radical (unpaired) electrons. The summed E-state index contributed by atoms with van der Waals surface area (Å²) in [4.78, 5) is 0. The minimum absolute atomic E-state index is 0.0443. The van der Waals surface area contributed by atoms with E-state index in [0.29, 0.717) is 5.75 Å². The number of nitrogens with zero attached hydrogens (tertiary/aromatic N) is 1.